The summed E-state index contributed by atoms with van der Waals surface area (Å²) in [6, 6.07) is 6.48. The van der Waals surface area contributed by atoms with Crippen molar-refractivity contribution in [1.29, 1.82) is 0 Å². The van der Waals surface area contributed by atoms with Gasteiger partial charge in [-0.3, -0.25) is 5.32 Å². The second kappa shape index (κ2) is 9.35. The predicted octanol–water partition coefficient (Wildman–Crippen LogP) is 4.08. The minimum atomic E-state index is -0.376. The van der Waals surface area contributed by atoms with Gasteiger partial charge in [0.1, 0.15) is 0 Å². The highest BCUT2D eigenvalue weighted by Gasteiger charge is 2.15. The maximum Gasteiger partial charge on any atom is 0.325 e. The van der Waals surface area contributed by atoms with Crippen molar-refractivity contribution in [2.75, 3.05) is 29.6 Å². The zero-order valence-electron chi connectivity index (χ0n) is 13.2. The minimum Gasteiger partial charge on any atom is -0.353 e. The van der Waals surface area contributed by atoms with Crippen molar-refractivity contribution < 1.29 is 14.3 Å². The molecule has 0 saturated carbocycles. The molecule has 0 bridgehead atoms. The van der Waals surface area contributed by atoms with E-state index < -0.39 is 0 Å². The Morgan fingerprint density at radius 3 is 2.76 bits per heavy atom. The van der Waals surface area contributed by atoms with E-state index in [1.165, 1.54) is 11.3 Å². The SMILES string of the molecule is O=C(Nc1ccc(Cl)cc1)Nc1nnc(SCCC2OCCCO2)s1. The van der Waals surface area contributed by atoms with E-state index in [-0.39, 0.29) is 12.3 Å². The number of halogens is 1. The van der Waals surface area contributed by atoms with Gasteiger partial charge >= 0.3 is 6.03 Å². The van der Waals surface area contributed by atoms with E-state index in [4.69, 9.17) is 21.1 Å². The number of hydrogen-bond donors (Lipinski definition) is 2. The van der Waals surface area contributed by atoms with Crippen LogP contribution in [0, 0.1) is 0 Å². The van der Waals surface area contributed by atoms with Gasteiger partial charge in [-0.1, -0.05) is 34.7 Å². The van der Waals surface area contributed by atoms with Crippen LogP contribution in [-0.2, 0) is 9.47 Å². The molecule has 2 N–H and O–H groups in total. The third kappa shape index (κ3) is 6.12. The zero-order valence-corrected chi connectivity index (χ0v) is 15.6. The van der Waals surface area contributed by atoms with Crippen molar-refractivity contribution in [1.82, 2.24) is 10.2 Å². The van der Waals surface area contributed by atoms with Gasteiger partial charge in [-0.15, -0.1) is 10.2 Å². The Kier molecular flexibility index (Phi) is 6.88. The Bertz CT molecular complexity index is 692. The second-order valence-electron chi connectivity index (χ2n) is 5.12. The summed E-state index contributed by atoms with van der Waals surface area (Å²) in [6.45, 7) is 1.51. The number of ether oxygens (including phenoxy) is 2. The van der Waals surface area contributed by atoms with Gasteiger partial charge in [-0.05, 0) is 30.7 Å². The third-order valence-corrected chi connectivity index (χ3v) is 5.46. The molecule has 0 aliphatic carbocycles. The zero-order chi connectivity index (χ0) is 17.5. The van der Waals surface area contributed by atoms with Crippen molar-refractivity contribution in [2.24, 2.45) is 0 Å². The van der Waals surface area contributed by atoms with Crippen molar-refractivity contribution in [3.05, 3.63) is 29.3 Å². The molecule has 2 amide bonds. The summed E-state index contributed by atoms with van der Waals surface area (Å²) in [5.74, 6) is 0.816. The summed E-state index contributed by atoms with van der Waals surface area (Å²) in [7, 11) is 0. The molecular formula is C15H17ClN4O3S2. The molecule has 0 radical (unpaired) electrons. The first-order valence-electron chi connectivity index (χ1n) is 7.72. The Morgan fingerprint density at radius 1 is 1.24 bits per heavy atom. The fourth-order valence-electron chi connectivity index (χ4n) is 2.06. The number of rotatable bonds is 6. The van der Waals surface area contributed by atoms with Gasteiger partial charge in [0.25, 0.3) is 0 Å². The number of aromatic nitrogens is 2. The van der Waals surface area contributed by atoms with E-state index in [0.717, 1.165) is 36.1 Å². The van der Waals surface area contributed by atoms with Gasteiger partial charge < -0.3 is 14.8 Å². The van der Waals surface area contributed by atoms with Crippen LogP contribution in [0.1, 0.15) is 12.8 Å². The molecule has 25 heavy (non-hydrogen) atoms. The van der Waals surface area contributed by atoms with Gasteiger partial charge in [0.2, 0.25) is 5.13 Å². The standard InChI is InChI=1S/C15H17ClN4O3S2/c16-10-2-4-11(5-3-10)17-13(21)18-14-19-20-15(25-14)24-9-6-12-22-7-1-8-23-12/h2-5,12H,1,6-9H2,(H2,17,18,19,21). The second-order valence-corrected chi connectivity index (χ2v) is 7.88. The molecular weight excluding hydrogens is 384 g/mol. The molecule has 2 aromatic rings. The molecule has 134 valence electrons. The van der Waals surface area contributed by atoms with Crippen LogP contribution in [0.5, 0.6) is 0 Å². The Balaban J connectivity index is 1.41. The Morgan fingerprint density at radius 2 is 2.00 bits per heavy atom. The number of carbonyl (C=O) groups excluding carboxylic acids is 1. The lowest BCUT2D eigenvalue weighted by atomic mass is 10.3. The monoisotopic (exact) mass is 400 g/mol. The summed E-state index contributed by atoms with van der Waals surface area (Å²) in [5, 5.41) is 14.5. The number of amides is 2. The summed E-state index contributed by atoms with van der Waals surface area (Å²) < 4.78 is 11.8. The van der Waals surface area contributed by atoms with Crippen LogP contribution < -0.4 is 10.6 Å². The molecule has 1 fully saturated rings. The molecule has 1 aromatic carbocycles. The number of carbonyl (C=O) groups is 1. The van der Waals surface area contributed by atoms with Crippen molar-refractivity contribution in [3.8, 4) is 0 Å². The average Bonchev–Trinajstić information content (AvgIpc) is 3.05. The summed E-state index contributed by atoms with van der Waals surface area (Å²) >= 11 is 8.70. The van der Waals surface area contributed by atoms with Crippen molar-refractivity contribution in [3.63, 3.8) is 0 Å². The lowest BCUT2D eigenvalue weighted by Gasteiger charge is -2.22. The number of thioether (sulfide) groups is 1. The molecule has 10 heteroatoms. The van der Waals surface area contributed by atoms with Crippen molar-refractivity contribution in [2.45, 2.75) is 23.5 Å². The quantitative estimate of drug-likeness (QED) is 0.561. The van der Waals surface area contributed by atoms with Crippen LogP contribution in [0.4, 0.5) is 15.6 Å². The predicted molar refractivity (Wildman–Crippen MR) is 99.7 cm³/mol. The van der Waals surface area contributed by atoms with Crippen LogP contribution in [0.15, 0.2) is 28.6 Å². The van der Waals surface area contributed by atoms with E-state index in [1.807, 2.05) is 0 Å². The van der Waals surface area contributed by atoms with Gasteiger partial charge in [-0.25, -0.2) is 4.79 Å². The molecule has 0 atom stereocenters. The van der Waals surface area contributed by atoms with E-state index in [9.17, 15) is 4.79 Å². The molecule has 7 nitrogen and oxygen atoms in total. The molecule has 2 heterocycles. The highest BCUT2D eigenvalue weighted by Crippen LogP contribution is 2.27. The number of nitrogens with one attached hydrogen (secondary N) is 2. The fourth-order valence-corrected chi connectivity index (χ4v) is 3.96. The van der Waals surface area contributed by atoms with Gasteiger partial charge in [0.15, 0.2) is 10.6 Å². The van der Waals surface area contributed by atoms with Crippen LogP contribution in [0.3, 0.4) is 0 Å². The maximum atomic E-state index is 11.9. The third-order valence-electron chi connectivity index (χ3n) is 3.20. The van der Waals surface area contributed by atoms with Crippen LogP contribution in [-0.4, -0.2) is 41.5 Å². The molecule has 1 saturated heterocycles. The smallest absolute Gasteiger partial charge is 0.325 e. The van der Waals surface area contributed by atoms with Crippen molar-refractivity contribution >= 4 is 51.5 Å². The van der Waals surface area contributed by atoms with Crippen LogP contribution >= 0.6 is 34.7 Å². The first kappa shape index (κ1) is 18.4. The highest BCUT2D eigenvalue weighted by atomic mass is 35.5. The van der Waals surface area contributed by atoms with E-state index >= 15 is 0 Å². The first-order valence-corrected chi connectivity index (χ1v) is 9.90. The Labute approximate surface area is 158 Å². The van der Waals surface area contributed by atoms with E-state index in [0.29, 0.717) is 15.8 Å². The van der Waals surface area contributed by atoms with E-state index in [2.05, 4.69) is 20.8 Å². The van der Waals surface area contributed by atoms with Gasteiger partial charge in [-0.2, -0.15) is 0 Å². The highest BCUT2D eigenvalue weighted by molar-refractivity contribution is 8.01. The summed E-state index contributed by atoms with van der Waals surface area (Å²) in [4.78, 5) is 11.9. The molecule has 0 unspecified atom stereocenters. The number of hydrogen-bond acceptors (Lipinski definition) is 7. The minimum absolute atomic E-state index is 0.128. The summed E-state index contributed by atoms with van der Waals surface area (Å²) in [6.07, 6.45) is 1.62. The average molecular weight is 401 g/mol. The lowest BCUT2D eigenvalue weighted by Crippen LogP contribution is -2.25. The topological polar surface area (TPSA) is 85.4 Å². The molecule has 1 aromatic heterocycles. The number of anilines is 2. The normalized spacial score (nSPS) is 15.1. The largest absolute Gasteiger partial charge is 0.353 e. The van der Waals surface area contributed by atoms with Gasteiger partial charge in [0, 0.05) is 22.9 Å². The molecule has 1 aliphatic heterocycles. The van der Waals surface area contributed by atoms with E-state index in [1.54, 1.807) is 36.0 Å². The number of urea groups is 1. The fraction of sp³-hybridized carbons (Fsp3) is 0.400. The molecule has 0 spiro atoms. The number of nitrogens with zero attached hydrogens (tertiary/aromatic N) is 2. The molecule has 1 aliphatic rings. The summed E-state index contributed by atoms with van der Waals surface area (Å²) in [5.41, 5.74) is 0.647. The van der Waals surface area contributed by atoms with Crippen LogP contribution in [0.25, 0.3) is 0 Å². The van der Waals surface area contributed by atoms with Gasteiger partial charge in [0.05, 0.1) is 13.2 Å². The maximum absolute atomic E-state index is 11.9. The first-order chi connectivity index (χ1) is 12.2. The number of benzene rings is 1. The molecule has 3 rings (SSSR count). The Hall–Kier alpha value is -1.39. The van der Waals surface area contributed by atoms with Crippen LogP contribution in [0.2, 0.25) is 5.02 Å². The lowest BCUT2D eigenvalue weighted by molar-refractivity contribution is -0.178.